The van der Waals surface area contributed by atoms with Crippen LogP contribution in [-0.4, -0.2) is 88.8 Å². The number of para-hydroxylation sites is 1. The number of carbonyl (C=O) groups is 2. The standard InChI is InChI=1S/C64H63F3N6O13S3/c1-6-7-16-60(75)86-61-56(64(65,66)67)14-11-15-58(61)68-37-49(35-44-19-25-52(26-20-44)83-40-54(85-43(3)74)41-84-89(78,79)55-32-17-42(2)18-33-55)73-38-48(70-72-73)39-82-53-31-34-57-59(36-53)87-62(69-57)88(76,77)71-63(45-12-9-8-10-13-45,46-21-27-50(80-4)28-22-46)47-23-29-51(81-5)30-24-47/h8-15,17-34,36,38,49,54,68,71H,6-7,16,35,37,39-41H2,1-5H3/t49-,54?/m1/s1. The third-order valence-corrected chi connectivity index (χ3v) is 18.3. The van der Waals surface area contributed by atoms with Gasteiger partial charge in [0.25, 0.3) is 20.1 Å². The van der Waals surface area contributed by atoms with E-state index in [-0.39, 0.29) is 47.5 Å². The van der Waals surface area contributed by atoms with Gasteiger partial charge in [0.05, 0.1) is 47.3 Å². The lowest BCUT2D eigenvalue weighted by Gasteiger charge is -2.36. The predicted octanol–water partition coefficient (Wildman–Crippen LogP) is 11.8. The van der Waals surface area contributed by atoms with Gasteiger partial charge in [0, 0.05) is 19.9 Å². The van der Waals surface area contributed by atoms with Crippen molar-refractivity contribution in [1.82, 2.24) is 24.7 Å². The molecule has 7 aromatic carbocycles. The average molecular weight is 1280 g/mol. The number of halogens is 3. The Bertz CT molecular complexity index is 4050. The topological polar surface area (TPSA) is 235 Å². The van der Waals surface area contributed by atoms with E-state index in [1.165, 1.54) is 35.9 Å². The van der Waals surface area contributed by atoms with Crippen molar-refractivity contribution in [3.8, 4) is 28.7 Å². The molecule has 0 amide bonds. The number of hydrogen-bond acceptors (Lipinski definition) is 18. The molecule has 19 nitrogen and oxygen atoms in total. The number of sulfonamides is 1. The van der Waals surface area contributed by atoms with Crippen molar-refractivity contribution in [1.29, 1.82) is 0 Å². The molecule has 2 atom stereocenters. The minimum absolute atomic E-state index is 0.0624. The Morgan fingerprint density at radius 2 is 1.37 bits per heavy atom. The van der Waals surface area contributed by atoms with Gasteiger partial charge in [-0.3, -0.25) is 13.8 Å². The number of fused-ring (bicyclic) bond motifs is 1. The van der Waals surface area contributed by atoms with Crippen LogP contribution in [0.3, 0.4) is 0 Å². The number of thiazole rings is 1. The monoisotopic (exact) mass is 1280 g/mol. The van der Waals surface area contributed by atoms with Gasteiger partial charge < -0.3 is 33.7 Å². The van der Waals surface area contributed by atoms with Gasteiger partial charge in [0.1, 0.15) is 59.6 Å². The highest BCUT2D eigenvalue weighted by molar-refractivity contribution is 7.91. The molecular formula is C64H63F3N6O13S3. The van der Waals surface area contributed by atoms with Crippen LogP contribution in [0.1, 0.15) is 78.2 Å². The number of hydrogen-bond donors (Lipinski definition) is 2. The molecule has 9 rings (SSSR count). The molecule has 0 aliphatic carbocycles. The smallest absolute Gasteiger partial charge is 0.420 e. The summed E-state index contributed by atoms with van der Waals surface area (Å²) >= 11 is 0.948. The first kappa shape index (κ1) is 64.6. The molecule has 25 heteroatoms. The number of rotatable bonds is 29. The van der Waals surface area contributed by atoms with Crippen molar-refractivity contribution in [3.63, 3.8) is 0 Å². The van der Waals surface area contributed by atoms with Gasteiger partial charge in [-0.05, 0) is 121 Å². The first-order chi connectivity index (χ1) is 42.7. The number of carbonyl (C=O) groups excluding carboxylic acids is 2. The second-order valence-corrected chi connectivity index (χ2v) is 25.0. The van der Waals surface area contributed by atoms with E-state index in [0.29, 0.717) is 74.0 Å². The maximum absolute atomic E-state index is 14.8. The number of nitrogens with one attached hydrogen (secondary N) is 2. The summed E-state index contributed by atoms with van der Waals surface area (Å²) in [7, 11) is -5.51. The number of alkyl halides is 3. The molecule has 1 unspecified atom stereocenters. The molecule has 0 saturated heterocycles. The summed E-state index contributed by atoms with van der Waals surface area (Å²) in [4.78, 5) is 29.3. The van der Waals surface area contributed by atoms with Crippen molar-refractivity contribution in [3.05, 3.63) is 209 Å². The molecule has 0 aliphatic rings. The largest absolute Gasteiger partial charge is 0.497 e. The zero-order valence-corrected chi connectivity index (χ0v) is 51.4. The van der Waals surface area contributed by atoms with Crippen LogP contribution in [0.5, 0.6) is 28.7 Å². The van der Waals surface area contributed by atoms with E-state index in [9.17, 15) is 39.6 Å². The molecule has 0 fully saturated rings. The molecule has 2 N–H and O–H groups in total. The third-order valence-electron chi connectivity index (χ3n) is 14.1. The van der Waals surface area contributed by atoms with Crippen LogP contribution in [-0.2, 0) is 63.4 Å². The average Bonchev–Trinajstić information content (AvgIpc) is 1.75. The summed E-state index contributed by atoms with van der Waals surface area (Å²) in [6.45, 7) is 3.84. The molecule has 466 valence electrons. The molecule has 0 aliphatic heterocycles. The van der Waals surface area contributed by atoms with Crippen LogP contribution < -0.4 is 33.7 Å². The van der Waals surface area contributed by atoms with Crippen molar-refractivity contribution in [2.75, 3.05) is 39.3 Å². The highest BCUT2D eigenvalue weighted by Gasteiger charge is 2.42. The highest BCUT2D eigenvalue weighted by atomic mass is 32.2. The fraction of sp³-hybridized carbons (Fsp3) is 0.266. The van der Waals surface area contributed by atoms with E-state index in [0.717, 1.165) is 23.0 Å². The number of aromatic nitrogens is 4. The number of ether oxygens (including phenoxy) is 6. The normalized spacial score (nSPS) is 12.7. The summed E-state index contributed by atoms with van der Waals surface area (Å²) in [6, 6.07) is 43.9. The van der Waals surface area contributed by atoms with E-state index < -0.39 is 73.9 Å². The van der Waals surface area contributed by atoms with Gasteiger partial charge in [-0.1, -0.05) is 109 Å². The number of nitrogens with zero attached hydrogens (tertiary/aromatic N) is 4. The van der Waals surface area contributed by atoms with E-state index >= 15 is 0 Å². The lowest BCUT2D eigenvalue weighted by Crippen LogP contribution is -2.47. The molecule has 2 heterocycles. The summed E-state index contributed by atoms with van der Waals surface area (Å²) in [5.74, 6) is -0.336. The second-order valence-electron chi connectivity index (χ2n) is 20.5. The van der Waals surface area contributed by atoms with E-state index in [4.69, 9.17) is 32.6 Å². The highest BCUT2D eigenvalue weighted by Crippen LogP contribution is 2.43. The Morgan fingerprint density at radius 1 is 0.730 bits per heavy atom. The summed E-state index contributed by atoms with van der Waals surface area (Å²) in [5, 5.41) is 11.8. The van der Waals surface area contributed by atoms with Crippen LogP contribution >= 0.6 is 11.3 Å². The van der Waals surface area contributed by atoms with Crippen LogP contribution in [0.15, 0.2) is 179 Å². The zero-order chi connectivity index (χ0) is 63.3. The number of methoxy groups -OCH3 is 2. The van der Waals surface area contributed by atoms with Crippen molar-refractivity contribution in [2.24, 2.45) is 0 Å². The first-order valence-corrected chi connectivity index (χ1v) is 31.7. The number of aryl methyl sites for hydroxylation is 1. The Labute approximate surface area is 516 Å². The first-order valence-electron chi connectivity index (χ1n) is 28.0. The lowest BCUT2D eigenvalue weighted by atomic mass is 9.78. The maximum Gasteiger partial charge on any atom is 0.420 e. The number of benzene rings is 7. The summed E-state index contributed by atoms with van der Waals surface area (Å²) in [6.07, 6.45) is -3.20. The lowest BCUT2D eigenvalue weighted by molar-refractivity contribution is -0.149. The number of esters is 2. The van der Waals surface area contributed by atoms with Gasteiger partial charge in [-0.2, -0.15) is 26.3 Å². The van der Waals surface area contributed by atoms with Gasteiger partial charge >= 0.3 is 18.1 Å². The van der Waals surface area contributed by atoms with Crippen molar-refractivity contribution < 1.29 is 72.2 Å². The SMILES string of the molecule is CCCCC(=O)Oc1c(NC[C@@H](Cc2ccc(OCC(COS(=O)(=O)c3ccc(C)cc3)OC(C)=O)cc2)n2cc(COc3ccc4nc(S(=O)(=O)NC(c5ccccc5)(c5ccc(OC)cc5)c5ccc(OC)cc5)sc4c3)nn2)cccc1C(F)(F)F. The minimum atomic E-state index is -4.86. The van der Waals surface area contributed by atoms with E-state index in [2.05, 4.69) is 25.3 Å². The molecule has 0 bridgehead atoms. The fourth-order valence-corrected chi connectivity index (χ4v) is 13.1. The quantitative estimate of drug-likeness (QED) is 0.0192. The summed E-state index contributed by atoms with van der Waals surface area (Å²) in [5.41, 5.74) is 1.45. The Kier molecular flexibility index (Phi) is 20.7. The van der Waals surface area contributed by atoms with E-state index in [1.54, 1.807) is 124 Å². The molecule has 2 aromatic heterocycles. The van der Waals surface area contributed by atoms with Crippen LogP contribution in [0.2, 0.25) is 0 Å². The van der Waals surface area contributed by atoms with Gasteiger partial charge in [-0.25, -0.2) is 18.1 Å². The molecule has 0 saturated carbocycles. The molecule has 0 radical (unpaired) electrons. The van der Waals surface area contributed by atoms with Crippen LogP contribution in [0.25, 0.3) is 10.2 Å². The second kappa shape index (κ2) is 28.5. The van der Waals surface area contributed by atoms with Crippen LogP contribution in [0.4, 0.5) is 18.9 Å². The molecular weight excluding hydrogens is 1210 g/mol. The van der Waals surface area contributed by atoms with Gasteiger partial charge in [0.2, 0.25) is 4.34 Å². The minimum Gasteiger partial charge on any atom is -0.497 e. The van der Waals surface area contributed by atoms with Crippen molar-refractivity contribution in [2.45, 2.75) is 86.2 Å². The Morgan fingerprint density at radius 3 is 2.00 bits per heavy atom. The van der Waals surface area contributed by atoms with Gasteiger partial charge in [-0.15, -0.1) is 16.4 Å². The predicted molar refractivity (Wildman–Crippen MR) is 326 cm³/mol. The number of unbranched alkanes of at least 4 members (excludes halogenated alkanes) is 1. The zero-order valence-electron chi connectivity index (χ0n) is 48.9. The van der Waals surface area contributed by atoms with Crippen LogP contribution in [0, 0.1) is 6.92 Å². The molecule has 9 aromatic rings. The van der Waals surface area contributed by atoms with E-state index in [1.807, 2.05) is 44.2 Å². The summed E-state index contributed by atoms with van der Waals surface area (Å²) < 4.78 is 143. The van der Waals surface area contributed by atoms with Crippen molar-refractivity contribution >= 4 is 59.3 Å². The molecule has 89 heavy (non-hydrogen) atoms. The third kappa shape index (κ3) is 16.3. The Balaban J connectivity index is 0.942. The molecule has 0 spiro atoms. The Hall–Kier alpha value is -8.88. The fourth-order valence-electron chi connectivity index (χ4n) is 9.55. The van der Waals surface area contributed by atoms with Gasteiger partial charge in [0.15, 0.2) is 11.9 Å². The maximum atomic E-state index is 14.8. The number of anilines is 1.